The number of rotatable bonds is 10. The molecule has 2 aromatic rings. The van der Waals surface area contributed by atoms with E-state index >= 15 is 0 Å². The summed E-state index contributed by atoms with van der Waals surface area (Å²) in [5.41, 5.74) is 3.50. The van der Waals surface area contributed by atoms with Crippen LogP contribution in [0.2, 0.25) is 13.1 Å². The molecule has 29 heavy (non-hydrogen) atoms. The Bertz CT molecular complexity index is 724. The molecule has 3 atom stereocenters. The van der Waals surface area contributed by atoms with Crippen LogP contribution in [-0.2, 0) is 22.2 Å². The van der Waals surface area contributed by atoms with E-state index in [0.29, 0.717) is 13.2 Å². The zero-order valence-corrected chi connectivity index (χ0v) is 19.8. The Morgan fingerprint density at radius 2 is 1.59 bits per heavy atom. The predicted octanol–water partition coefficient (Wildman–Crippen LogP) is 5.41. The summed E-state index contributed by atoms with van der Waals surface area (Å²) in [6.07, 6.45) is -0.0420. The minimum atomic E-state index is -0.937. The van der Waals surface area contributed by atoms with Crippen molar-refractivity contribution in [3.8, 4) is 0 Å². The fraction of sp³-hybridized carbons (Fsp3) is 0.520. The van der Waals surface area contributed by atoms with Crippen molar-refractivity contribution in [2.24, 2.45) is 11.3 Å². The third-order valence-corrected chi connectivity index (χ3v) is 5.92. The molecule has 0 amide bonds. The van der Waals surface area contributed by atoms with Gasteiger partial charge in [0.15, 0.2) is 0 Å². The number of hydrogen-bond donors (Lipinski definition) is 1. The monoisotopic (exact) mass is 413 g/mol. The Balaban J connectivity index is 2.18. The molecule has 0 fully saturated rings. The Morgan fingerprint density at radius 1 is 0.966 bits per heavy atom. The number of hydrogen-bond acceptors (Lipinski definition) is 3. The molecule has 159 valence electrons. The summed E-state index contributed by atoms with van der Waals surface area (Å²) in [6.45, 7) is 13.8. The molecule has 0 saturated carbocycles. The van der Waals surface area contributed by atoms with Crippen molar-refractivity contribution in [1.82, 2.24) is 0 Å². The summed E-state index contributed by atoms with van der Waals surface area (Å²) < 4.78 is 12.4. The van der Waals surface area contributed by atoms with Crippen LogP contribution in [-0.4, -0.2) is 33.0 Å². The molecule has 3 nitrogen and oxygen atoms in total. The minimum absolute atomic E-state index is 0.0367. The first-order valence-corrected chi connectivity index (χ1v) is 12.9. The molecule has 1 unspecified atom stereocenters. The van der Waals surface area contributed by atoms with Gasteiger partial charge in [0.05, 0.1) is 25.4 Å². The van der Waals surface area contributed by atoms with Crippen LogP contribution >= 0.6 is 0 Å². The van der Waals surface area contributed by atoms with E-state index < -0.39 is 15.1 Å². The van der Waals surface area contributed by atoms with Gasteiger partial charge in [-0.25, -0.2) is 0 Å². The smallest absolute Gasteiger partial charge is 0.205 e. The average molecular weight is 414 g/mol. The normalized spacial score (nSPS) is 15.3. The van der Waals surface area contributed by atoms with Crippen molar-refractivity contribution >= 4 is 9.04 Å². The summed E-state index contributed by atoms with van der Waals surface area (Å²) in [4.78, 5) is 0. The van der Waals surface area contributed by atoms with Crippen molar-refractivity contribution in [1.29, 1.82) is 0 Å². The first-order chi connectivity index (χ1) is 13.7. The van der Waals surface area contributed by atoms with Crippen molar-refractivity contribution < 1.29 is 14.3 Å². The largest absolute Gasteiger partial charge is 0.411 e. The average Bonchev–Trinajstić information content (AvgIpc) is 2.66. The van der Waals surface area contributed by atoms with Crippen LogP contribution in [0.1, 0.15) is 37.5 Å². The summed E-state index contributed by atoms with van der Waals surface area (Å²) in [6, 6.07) is 18.6. The lowest BCUT2D eigenvalue weighted by Gasteiger charge is -2.39. The molecule has 2 aromatic carbocycles. The van der Waals surface area contributed by atoms with Gasteiger partial charge in [-0.3, -0.25) is 0 Å². The summed E-state index contributed by atoms with van der Waals surface area (Å²) in [5.74, 6) is -0.0367. The molecular formula is C25H37O3Si. The van der Waals surface area contributed by atoms with Gasteiger partial charge in [-0.1, -0.05) is 75.4 Å². The van der Waals surface area contributed by atoms with E-state index in [2.05, 4.69) is 77.2 Å². The quantitative estimate of drug-likeness (QED) is 0.529. The lowest BCUT2D eigenvalue weighted by atomic mass is 9.79. The third kappa shape index (κ3) is 7.70. The maximum Gasteiger partial charge on any atom is 0.205 e. The number of aliphatic hydroxyl groups is 1. The van der Waals surface area contributed by atoms with Gasteiger partial charge in [0.25, 0.3) is 0 Å². The first kappa shape index (κ1) is 23.8. The molecule has 0 heterocycles. The molecule has 2 rings (SSSR count). The summed E-state index contributed by atoms with van der Waals surface area (Å²) in [7, 11) is -0.937. The highest BCUT2D eigenvalue weighted by Crippen LogP contribution is 2.31. The molecule has 0 spiro atoms. The first-order valence-electron chi connectivity index (χ1n) is 10.5. The number of aliphatic hydroxyl groups excluding tert-OH is 1. The molecule has 1 N–H and O–H groups in total. The van der Waals surface area contributed by atoms with Gasteiger partial charge in [0.2, 0.25) is 9.04 Å². The van der Waals surface area contributed by atoms with E-state index in [4.69, 9.17) is 9.16 Å². The molecule has 0 saturated heterocycles. The maximum atomic E-state index is 11.4. The van der Waals surface area contributed by atoms with Crippen LogP contribution in [0, 0.1) is 18.3 Å². The molecule has 4 heteroatoms. The van der Waals surface area contributed by atoms with E-state index in [1.165, 1.54) is 11.1 Å². The standard InChI is InChI=1S/C25H37O3Si/c1-19-12-10-11-15-21(19)16-22(18-27-17-20-13-8-7-9-14-20)23(26)24(25(2,3)4)28-29(5)6/h7-15,22-24,26H,16-18H2,1-6H3/t22-,23-,24?/m1/s1. The summed E-state index contributed by atoms with van der Waals surface area (Å²) >= 11 is 0. The van der Waals surface area contributed by atoms with Crippen molar-refractivity contribution in [3.05, 3.63) is 71.3 Å². The zero-order valence-electron chi connectivity index (χ0n) is 18.8. The van der Waals surface area contributed by atoms with Gasteiger partial charge in [0.1, 0.15) is 0 Å². The molecule has 0 aliphatic rings. The Kier molecular flexibility index (Phi) is 9.09. The topological polar surface area (TPSA) is 38.7 Å². The maximum absolute atomic E-state index is 11.4. The second kappa shape index (κ2) is 11.1. The minimum Gasteiger partial charge on any atom is -0.411 e. The second-order valence-corrected chi connectivity index (χ2v) is 11.2. The second-order valence-electron chi connectivity index (χ2n) is 9.19. The van der Waals surface area contributed by atoms with Crippen molar-refractivity contribution in [2.45, 2.75) is 66.0 Å². The fourth-order valence-corrected chi connectivity index (χ4v) is 4.56. The van der Waals surface area contributed by atoms with E-state index in [-0.39, 0.29) is 17.4 Å². The van der Waals surface area contributed by atoms with Gasteiger partial charge < -0.3 is 14.3 Å². The van der Waals surface area contributed by atoms with Crippen LogP contribution in [0.5, 0.6) is 0 Å². The number of ether oxygens (including phenoxy) is 1. The van der Waals surface area contributed by atoms with E-state index in [1.807, 2.05) is 18.2 Å². The van der Waals surface area contributed by atoms with Crippen LogP contribution < -0.4 is 0 Å². The zero-order chi connectivity index (χ0) is 21.4. The predicted molar refractivity (Wildman–Crippen MR) is 122 cm³/mol. The highest BCUT2D eigenvalue weighted by Gasteiger charge is 2.37. The van der Waals surface area contributed by atoms with Crippen molar-refractivity contribution in [2.75, 3.05) is 6.61 Å². The van der Waals surface area contributed by atoms with Gasteiger partial charge in [-0.2, -0.15) is 0 Å². The molecule has 0 aliphatic carbocycles. The van der Waals surface area contributed by atoms with Gasteiger partial charge in [-0.15, -0.1) is 0 Å². The summed E-state index contributed by atoms with van der Waals surface area (Å²) in [5, 5.41) is 11.4. The molecule has 1 radical (unpaired) electrons. The van der Waals surface area contributed by atoms with E-state index in [0.717, 1.165) is 12.0 Å². The molecule has 0 aliphatic heterocycles. The highest BCUT2D eigenvalue weighted by molar-refractivity contribution is 6.48. The van der Waals surface area contributed by atoms with E-state index in [9.17, 15) is 5.11 Å². The molecular weight excluding hydrogens is 376 g/mol. The molecule has 0 aromatic heterocycles. The lowest BCUT2D eigenvalue weighted by Crippen LogP contribution is -2.47. The van der Waals surface area contributed by atoms with Gasteiger partial charge >= 0.3 is 0 Å². The highest BCUT2D eigenvalue weighted by atomic mass is 28.3. The third-order valence-electron chi connectivity index (χ3n) is 5.20. The van der Waals surface area contributed by atoms with Crippen molar-refractivity contribution in [3.63, 3.8) is 0 Å². The Hall–Kier alpha value is -1.46. The Morgan fingerprint density at radius 3 is 2.17 bits per heavy atom. The van der Waals surface area contributed by atoms with E-state index in [1.54, 1.807) is 0 Å². The van der Waals surface area contributed by atoms with Gasteiger partial charge in [-0.05, 0) is 48.5 Å². The lowest BCUT2D eigenvalue weighted by molar-refractivity contribution is -0.0763. The number of aryl methyl sites for hydroxylation is 1. The van der Waals surface area contributed by atoms with Crippen LogP contribution in [0.3, 0.4) is 0 Å². The van der Waals surface area contributed by atoms with Crippen LogP contribution in [0.4, 0.5) is 0 Å². The Labute approximate surface area is 178 Å². The fourth-order valence-electron chi connectivity index (χ4n) is 3.56. The van der Waals surface area contributed by atoms with Crippen LogP contribution in [0.15, 0.2) is 54.6 Å². The number of benzene rings is 2. The van der Waals surface area contributed by atoms with Crippen LogP contribution in [0.25, 0.3) is 0 Å². The van der Waals surface area contributed by atoms with Gasteiger partial charge in [0, 0.05) is 5.92 Å². The molecule has 0 bridgehead atoms. The SMILES string of the molecule is Cc1ccccc1C[C@H](COCc1ccccc1)[C@@H](O)C(O[Si](C)C)C(C)(C)C.